The number of benzene rings is 1. The van der Waals surface area contributed by atoms with Crippen molar-refractivity contribution in [3.63, 3.8) is 0 Å². The molecule has 0 atom stereocenters. The molecule has 0 aliphatic carbocycles. The van der Waals surface area contributed by atoms with E-state index in [1.165, 1.54) is 22.6 Å². The van der Waals surface area contributed by atoms with Crippen molar-refractivity contribution < 1.29 is 13.2 Å². The van der Waals surface area contributed by atoms with Crippen LogP contribution in [0.3, 0.4) is 0 Å². The molecule has 2 aromatic rings. The molecule has 3 rings (SSSR count). The van der Waals surface area contributed by atoms with Gasteiger partial charge in [0.05, 0.1) is 17.0 Å². The maximum absolute atomic E-state index is 12.3. The number of aromatic nitrogens is 1. The summed E-state index contributed by atoms with van der Waals surface area (Å²) in [7, 11) is -3.27. The van der Waals surface area contributed by atoms with Crippen LogP contribution in [0.15, 0.2) is 41.3 Å². The molecule has 7 nitrogen and oxygen atoms in total. The van der Waals surface area contributed by atoms with Crippen LogP contribution in [-0.2, 0) is 10.0 Å². The van der Waals surface area contributed by atoms with Gasteiger partial charge in [-0.3, -0.25) is 13.9 Å². The highest BCUT2D eigenvalue weighted by molar-refractivity contribution is 7.93. The zero-order valence-electron chi connectivity index (χ0n) is 13.1. The standard InChI is InChI=1S/C16H17N3O4S/c1-11-3-5-13(19-7-2-8-24(19,22)23)9-14(11)18-16(21)12-4-6-15(20)17-10-12/h3-6,9-10H,2,7-8H2,1H3,(H,17,20)(H,18,21). The van der Waals surface area contributed by atoms with E-state index in [1.807, 2.05) is 6.92 Å². The SMILES string of the molecule is Cc1ccc(N2CCCS2(=O)=O)cc1NC(=O)c1ccc(=O)[nH]c1. The van der Waals surface area contributed by atoms with Crippen LogP contribution in [0.5, 0.6) is 0 Å². The quantitative estimate of drug-likeness (QED) is 0.878. The second-order valence-electron chi connectivity index (χ2n) is 5.64. The van der Waals surface area contributed by atoms with E-state index in [4.69, 9.17) is 0 Å². The number of carbonyl (C=O) groups is 1. The van der Waals surface area contributed by atoms with E-state index in [2.05, 4.69) is 10.3 Å². The van der Waals surface area contributed by atoms with E-state index in [1.54, 1.807) is 18.2 Å². The van der Waals surface area contributed by atoms with Gasteiger partial charge in [-0.2, -0.15) is 0 Å². The van der Waals surface area contributed by atoms with Crippen molar-refractivity contribution in [1.82, 2.24) is 4.98 Å². The lowest BCUT2D eigenvalue weighted by molar-refractivity contribution is 0.102. The highest BCUT2D eigenvalue weighted by Crippen LogP contribution is 2.28. The summed E-state index contributed by atoms with van der Waals surface area (Å²) < 4.78 is 25.4. The predicted molar refractivity (Wildman–Crippen MR) is 91.9 cm³/mol. The van der Waals surface area contributed by atoms with Crippen LogP contribution in [0.1, 0.15) is 22.3 Å². The Morgan fingerprint density at radius 2 is 2.04 bits per heavy atom. The zero-order chi connectivity index (χ0) is 17.3. The lowest BCUT2D eigenvalue weighted by atomic mass is 10.1. The first-order valence-corrected chi connectivity index (χ1v) is 9.09. The molecule has 1 amide bonds. The molecule has 1 aromatic carbocycles. The molecular formula is C16H17N3O4S. The van der Waals surface area contributed by atoms with Crippen LogP contribution in [0.2, 0.25) is 0 Å². The molecule has 0 saturated carbocycles. The average molecular weight is 347 g/mol. The molecule has 1 aromatic heterocycles. The summed E-state index contributed by atoms with van der Waals surface area (Å²) in [6.45, 7) is 2.27. The summed E-state index contributed by atoms with van der Waals surface area (Å²) >= 11 is 0. The molecule has 0 spiro atoms. The first-order chi connectivity index (χ1) is 11.4. The van der Waals surface area contributed by atoms with Gasteiger partial charge < -0.3 is 10.3 Å². The van der Waals surface area contributed by atoms with Crippen molar-refractivity contribution in [3.05, 3.63) is 58.0 Å². The fraction of sp³-hybridized carbons (Fsp3) is 0.250. The molecular weight excluding hydrogens is 330 g/mol. The smallest absolute Gasteiger partial charge is 0.257 e. The number of rotatable bonds is 3. The third kappa shape index (κ3) is 3.18. The topological polar surface area (TPSA) is 99.3 Å². The lowest BCUT2D eigenvalue weighted by Crippen LogP contribution is -2.25. The van der Waals surface area contributed by atoms with Crippen molar-refractivity contribution in [2.24, 2.45) is 0 Å². The van der Waals surface area contributed by atoms with E-state index in [0.29, 0.717) is 29.9 Å². The monoisotopic (exact) mass is 347 g/mol. The zero-order valence-corrected chi connectivity index (χ0v) is 13.9. The summed E-state index contributed by atoms with van der Waals surface area (Å²) in [4.78, 5) is 25.8. The van der Waals surface area contributed by atoms with Crippen LogP contribution in [0.25, 0.3) is 0 Å². The number of aryl methyl sites for hydroxylation is 1. The summed E-state index contributed by atoms with van der Waals surface area (Å²) in [5, 5.41) is 2.75. The van der Waals surface area contributed by atoms with Gasteiger partial charge in [0, 0.05) is 24.5 Å². The Hall–Kier alpha value is -2.61. The number of hydrogen-bond acceptors (Lipinski definition) is 4. The van der Waals surface area contributed by atoms with Crippen LogP contribution in [-0.4, -0.2) is 31.6 Å². The Balaban J connectivity index is 1.88. The number of H-pyrrole nitrogens is 1. The van der Waals surface area contributed by atoms with Gasteiger partial charge in [0.1, 0.15) is 0 Å². The number of hydrogen-bond donors (Lipinski definition) is 2. The normalized spacial score (nSPS) is 16.1. The molecule has 1 aliphatic rings. The highest BCUT2D eigenvalue weighted by Gasteiger charge is 2.28. The second kappa shape index (κ2) is 6.12. The van der Waals surface area contributed by atoms with Crippen molar-refractivity contribution in [2.45, 2.75) is 13.3 Å². The van der Waals surface area contributed by atoms with E-state index in [0.717, 1.165) is 5.56 Å². The van der Waals surface area contributed by atoms with Gasteiger partial charge in [0.25, 0.3) is 5.91 Å². The van der Waals surface area contributed by atoms with Gasteiger partial charge in [-0.25, -0.2) is 8.42 Å². The Kier molecular flexibility index (Phi) is 4.15. The molecule has 126 valence electrons. The van der Waals surface area contributed by atoms with Crippen LogP contribution in [0, 0.1) is 6.92 Å². The average Bonchev–Trinajstić information content (AvgIpc) is 2.89. The Morgan fingerprint density at radius 3 is 2.67 bits per heavy atom. The number of nitrogens with one attached hydrogen (secondary N) is 2. The van der Waals surface area contributed by atoms with E-state index in [9.17, 15) is 18.0 Å². The van der Waals surface area contributed by atoms with Gasteiger partial charge in [0.2, 0.25) is 15.6 Å². The summed E-state index contributed by atoms with van der Waals surface area (Å²) in [6.07, 6.45) is 1.93. The number of aromatic amines is 1. The number of carbonyl (C=O) groups excluding carboxylic acids is 1. The Bertz CT molecular complexity index is 930. The molecule has 2 N–H and O–H groups in total. The molecule has 1 aliphatic heterocycles. The van der Waals surface area contributed by atoms with Crippen LogP contribution >= 0.6 is 0 Å². The van der Waals surface area contributed by atoms with Crippen molar-refractivity contribution in [3.8, 4) is 0 Å². The fourth-order valence-corrected chi connectivity index (χ4v) is 4.13. The molecule has 1 fully saturated rings. The summed E-state index contributed by atoms with van der Waals surface area (Å²) in [5.41, 5.74) is 1.91. The molecule has 0 bridgehead atoms. The molecule has 8 heteroatoms. The first-order valence-electron chi connectivity index (χ1n) is 7.48. The maximum atomic E-state index is 12.3. The van der Waals surface area contributed by atoms with Gasteiger partial charge in [-0.1, -0.05) is 6.07 Å². The molecule has 0 radical (unpaired) electrons. The fourth-order valence-electron chi connectivity index (χ4n) is 2.58. The predicted octanol–water partition coefficient (Wildman–Crippen LogP) is 1.48. The number of sulfonamides is 1. The summed E-state index contributed by atoms with van der Waals surface area (Å²) in [6, 6.07) is 7.86. The third-order valence-electron chi connectivity index (χ3n) is 3.90. The maximum Gasteiger partial charge on any atom is 0.257 e. The minimum Gasteiger partial charge on any atom is -0.328 e. The van der Waals surface area contributed by atoms with Crippen molar-refractivity contribution in [1.29, 1.82) is 0 Å². The van der Waals surface area contributed by atoms with Crippen molar-refractivity contribution >= 4 is 27.3 Å². The Morgan fingerprint density at radius 1 is 1.25 bits per heavy atom. The van der Waals surface area contributed by atoms with Crippen molar-refractivity contribution in [2.75, 3.05) is 21.9 Å². The summed E-state index contributed by atoms with van der Waals surface area (Å²) in [5.74, 6) is -0.240. The Labute approximate surface area is 139 Å². The second-order valence-corrected chi connectivity index (χ2v) is 7.65. The third-order valence-corrected chi connectivity index (χ3v) is 5.77. The van der Waals surface area contributed by atoms with E-state index < -0.39 is 10.0 Å². The molecule has 2 heterocycles. The first kappa shape index (κ1) is 16.3. The minimum atomic E-state index is -3.27. The lowest BCUT2D eigenvalue weighted by Gasteiger charge is -2.19. The number of amides is 1. The molecule has 0 unspecified atom stereocenters. The minimum absolute atomic E-state index is 0.139. The number of pyridine rings is 1. The van der Waals surface area contributed by atoms with Gasteiger partial charge >= 0.3 is 0 Å². The number of anilines is 2. The van der Waals surface area contributed by atoms with Gasteiger partial charge in [-0.15, -0.1) is 0 Å². The van der Waals surface area contributed by atoms with Crippen LogP contribution in [0.4, 0.5) is 11.4 Å². The number of nitrogens with zero attached hydrogens (tertiary/aromatic N) is 1. The van der Waals surface area contributed by atoms with Gasteiger partial charge in [-0.05, 0) is 37.1 Å². The molecule has 24 heavy (non-hydrogen) atoms. The van der Waals surface area contributed by atoms with Crippen LogP contribution < -0.4 is 15.2 Å². The largest absolute Gasteiger partial charge is 0.328 e. The molecule has 1 saturated heterocycles. The highest BCUT2D eigenvalue weighted by atomic mass is 32.2. The van der Waals surface area contributed by atoms with E-state index in [-0.39, 0.29) is 17.2 Å². The van der Waals surface area contributed by atoms with Gasteiger partial charge in [0.15, 0.2) is 0 Å². The van der Waals surface area contributed by atoms with E-state index >= 15 is 0 Å².